The molecule has 0 aromatic carbocycles. The summed E-state index contributed by atoms with van der Waals surface area (Å²) in [6, 6.07) is 3.42. The van der Waals surface area contributed by atoms with Gasteiger partial charge in [0, 0.05) is 39.6 Å². The van der Waals surface area contributed by atoms with E-state index in [1.807, 2.05) is 0 Å². The molecule has 3 aromatic rings. The summed E-state index contributed by atoms with van der Waals surface area (Å²) in [7, 11) is 3.05. The minimum absolute atomic E-state index is 0.157. The first-order valence-corrected chi connectivity index (χ1v) is 8.30. The summed E-state index contributed by atoms with van der Waals surface area (Å²) >= 11 is 0. The maximum atomic E-state index is 12.3. The number of rotatable bonds is 6. The molecule has 3 rings (SSSR count). The highest BCUT2D eigenvalue weighted by molar-refractivity contribution is 5.93. The molecule has 3 aromatic heterocycles. The summed E-state index contributed by atoms with van der Waals surface area (Å²) < 4.78 is 4.19. The highest BCUT2D eigenvalue weighted by atomic mass is 16.2. The second-order valence-corrected chi connectivity index (χ2v) is 6.02. The minimum Gasteiger partial charge on any atom is -0.352 e. The molecule has 0 fully saturated rings. The van der Waals surface area contributed by atoms with Crippen LogP contribution in [-0.2, 0) is 20.6 Å². The largest absolute Gasteiger partial charge is 0.352 e. The van der Waals surface area contributed by atoms with Crippen molar-refractivity contribution in [1.82, 2.24) is 29.0 Å². The summed E-state index contributed by atoms with van der Waals surface area (Å²) in [6.07, 6.45) is 6.21. The van der Waals surface area contributed by atoms with Crippen LogP contribution in [0.5, 0.6) is 0 Å². The van der Waals surface area contributed by atoms with Gasteiger partial charge in [-0.05, 0) is 25.0 Å². The quantitative estimate of drug-likeness (QED) is 0.628. The van der Waals surface area contributed by atoms with Crippen LogP contribution in [-0.4, -0.2) is 36.1 Å². The summed E-state index contributed by atoms with van der Waals surface area (Å²) in [4.78, 5) is 44.3. The fourth-order valence-electron chi connectivity index (χ4n) is 2.77. The number of carbonyl (C=O) groups excluding carboxylic acids is 1. The minimum atomic E-state index is -0.397. The summed E-state index contributed by atoms with van der Waals surface area (Å²) in [6.45, 7) is 1.10. The molecule has 0 saturated heterocycles. The van der Waals surface area contributed by atoms with Crippen molar-refractivity contribution in [3.8, 4) is 0 Å². The van der Waals surface area contributed by atoms with E-state index in [1.54, 1.807) is 36.3 Å². The van der Waals surface area contributed by atoms with Gasteiger partial charge in [-0.3, -0.25) is 23.7 Å². The van der Waals surface area contributed by atoms with E-state index in [4.69, 9.17) is 0 Å². The maximum Gasteiger partial charge on any atom is 0.332 e. The third-order valence-electron chi connectivity index (χ3n) is 4.25. The molecular weight excluding hydrogens is 336 g/mol. The molecule has 0 aliphatic carbocycles. The maximum absolute atomic E-state index is 12.3. The summed E-state index contributed by atoms with van der Waals surface area (Å²) in [5, 5.41) is 2.84. The van der Waals surface area contributed by atoms with Crippen molar-refractivity contribution in [3.63, 3.8) is 0 Å². The Morgan fingerprint density at radius 1 is 1.19 bits per heavy atom. The van der Waals surface area contributed by atoms with Gasteiger partial charge in [0.15, 0.2) is 11.2 Å². The molecule has 0 aliphatic rings. The predicted octanol–water partition coefficient (Wildman–Crippen LogP) is 0.0389. The van der Waals surface area contributed by atoms with Gasteiger partial charge in [-0.15, -0.1) is 0 Å². The molecular formula is C17H20N6O3. The molecule has 9 heteroatoms. The average molecular weight is 356 g/mol. The smallest absolute Gasteiger partial charge is 0.332 e. The SMILES string of the molecule is Cn1c(=O)c2c(ncn2CCCCNC(=O)c2cccnc2)n(C)c1=O. The average Bonchev–Trinajstić information content (AvgIpc) is 3.09. The lowest BCUT2D eigenvalue weighted by atomic mass is 10.2. The zero-order valence-corrected chi connectivity index (χ0v) is 14.7. The van der Waals surface area contributed by atoms with Crippen molar-refractivity contribution < 1.29 is 4.79 Å². The van der Waals surface area contributed by atoms with Crippen LogP contribution >= 0.6 is 0 Å². The molecule has 3 heterocycles. The van der Waals surface area contributed by atoms with Gasteiger partial charge in [0.2, 0.25) is 0 Å². The van der Waals surface area contributed by atoms with E-state index < -0.39 is 5.69 Å². The number of amides is 1. The number of pyridine rings is 1. The molecule has 0 atom stereocenters. The number of imidazole rings is 1. The molecule has 0 radical (unpaired) electrons. The van der Waals surface area contributed by atoms with Crippen molar-refractivity contribution in [2.75, 3.05) is 6.54 Å². The lowest BCUT2D eigenvalue weighted by Gasteiger charge is -2.07. The molecule has 0 saturated carbocycles. The van der Waals surface area contributed by atoms with E-state index in [-0.39, 0.29) is 11.5 Å². The van der Waals surface area contributed by atoms with Gasteiger partial charge in [-0.1, -0.05) is 0 Å². The number of aryl methyl sites for hydroxylation is 2. The monoisotopic (exact) mass is 356 g/mol. The van der Waals surface area contributed by atoms with Crippen molar-refractivity contribution in [3.05, 3.63) is 57.3 Å². The van der Waals surface area contributed by atoms with Crippen LogP contribution < -0.4 is 16.6 Å². The van der Waals surface area contributed by atoms with Gasteiger partial charge in [-0.25, -0.2) is 9.78 Å². The first-order chi connectivity index (χ1) is 12.5. The number of nitrogens with zero attached hydrogens (tertiary/aromatic N) is 5. The lowest BCUT2D eigenvalue weighted by molar-refractivity contribution is 0.0952. The van der Waals surface area contributed by atoms with Gasteiger partial charge in [-0.2, -0.15) is 0 Å². The van der Waals surface area contributed by atoms with Crippen LogP contribution in [0.3, 0.4) is 0 Å². The number of fused-ring (bicyclic) bond motifs is 1. The Hall–Kier alpha value is -3.23. The van der Waals surface area contributed by atoms with Gasteiger partial charge in [0.1, 0.15) is 0 Å². The van der Waals surface area contributed by atoms with Crippen LogP contribution in [0.15, 0.2) is 40.4 Å². The molecule has 9 nitrogen and oxygen atoms in total. The number of hydrogen-bond donors (Lipinski definition) is 1. The number of unbranched alkanes of at least 4 members (excludes halogenated alkanes) is 1. The normalized spacial score (nSPS) is 11.0. The highest BCUT2D eigenvalue weighted by Gasteiger charge is 2.13. The van der Waals surface area contributed by atoms with Crippen LogP contribution in [0.2, 0.25) is 0 Å². The second kappa shape index (κ2) is 7.34. The third-order valence-corrected chi connectivity index (χ3v) is 4.25. The Labute approximate surface area is 148 Å². The molecule has 0 aliphatic heterocycles. The van der Waals surface area contributed by atoms with Gasteiger partial charge >= 0.3 is 5.69 Å². The summed E-state index contributed by atoms with van der Waals surface area (Å²) in [5.74, 6) is -0.157. The van der Waals surface area contributed by atoms with Gasteiger partial charge in [0.25, 0.3) is 11.5 Å². The Kier molecular flexibility index (Phi) is 4.97. The topological polar surface area (TPSA) is 104 Å². The first-order valence-electron chi connectivity index (χ1n) is 8.30. The number of nitrogens with one attached hydrogen (secondary N) is 1. The van der Waals surface area contributed by atoms with Crippen LogP contribution in [0.4, 0.5) is 0 Å². The zero-order valence-electron chi connectivity index (χ0n) is 14.7. The van der Waals surface area contributed by atoms with Crippen LogP contribution in [0.1, 0.15) is 23.2 Å². The molecule has 1 amide bonds. The number of hydrogen-bond acceptors (Lipinski definition) is 5. The predicted molar refractivity (Wildman–Crippen MR) is 96.0 cm³/mol. The standard InChI is InChI=1S/C17H20N6O3/c1-21-14-13(16(25)22(2)17(21)26)23(11-20-14)9-4-3-8-19-15(24)12-6-5-7-18-10-12/h5-7,10-11H,3-4,8-9H2,1-2H3,(H,19,24). The van der Waals surface area contributed by atoms with Crippen molar-refractivity contribution >= 4 is 17.1 Å². The fourth-order valence-corrected chi connectivity index (χ4v) is 2.77. The third kappa shape index (κ3) is 3.28. The second-order valence-electron chi connectivity index (χ2n) is 6.02. The van der Waals surface area contributed by atoms with Crippen molar-refractivity contribution in [2.24, 2.45) is 14.1 Å². The molecule has 1 N–H and O–H groups in total. The summed E-state index contributed by atoms with van der Waals surface area (Å²) in [5.41, 5.74) is 0.561. The molecule has 26 heavy (non-hydrogen) atoms. The van der Waals surface area contributed by atoms with Gasteiger partial charge < -0.3 is 9.88 Å². The Morgan fingerprint density at radius 3 is 2.73 bits per heavy atom. The number of carbonyl (C=O) groups is 1. The lowest BCUT2D eigenvalue weighted by Crippen LogP contribution is -2.37. The fraction of sp³-hybridized carbons (Fsp3) is 0.353. The van der Waals surface area contributed by atoms with Crippen molar-refractivity contribution in [1.29, 1.82) is 0 Å². The van der Waals surface area contributed by atoms with Crippen LogP contribution in [0.25, 0.3) is 11.2 Å². The molecule has 0 unspecified atom stereocenters. The molecule has 0 spiro atoms. The van der Waals surface area contributed by atoms with Crippen molar-refractivity contribution in [2.45, 2.75) is 19.4 Å². The number of aromatic nitrogens is 5. The molecule has 0 bridgehead atoms. The Morgan fingerprint density at radius 2 is 2.00 bits per heavy atom. The van der Waals surface area contributed by atoms with E-state index in [2.05, 4.69) is 15.3 Å². The van der Waals surface area contributed by atoms with E-state index in [0.29, 0.717) is 29.8 Å². The Bertz CT molecular complexity index is 1050. The van der Waals surface area contributed by atoms with E-state index in [0.717, 1.165) is 17.4 Å². The van der Waals surface area contributed by atoms with E-state index in [9.17, 15) is 14.4 Å². The molecule has 136 valence electrons. The Balaban J connectivity index is 1.60. The van der Waals surface area contributed by atoms with E-state index >= 15 is 0 Å². The van der Waals surface area contributed by atoms with Crippen LogP contribution in [0, 0.1) is 0 Å². The first kappa shape index (κ1) is 17.6. The highest BCUT2D eigenvalue weighted by Crippen LogP contribution is 2.07. The van der Waals surface area contributed by atoms with Gasteiger partial charge in [0.05, 0.1) is 11.9 Å². The zero-order chi connectivity index (χ0) is 18.7. The van der Waals surface area contributed by atoms with E-state index in [1.165, 1.54) is 17.8 Å².